The summed E-state index contributed by atoms with van der Waals surface area (Å²) in [5.41, 5.74) is 0.438. The van der Waals surface area contributed by atoms with E-state index in [-0.39, 0.29) is 5.97 Å². The topological polar surface area (TPSA) is 39.2 Å². The van der Waals surface area contributed by atoms with E-state index in [0.29, 0.717) is 18.2 Å². The van der Waals surface area contributed by atoms with Gasteiger partial charge in [-0.25, -0.2) is 9.78 Å². The SMILES string of the molecule is Cc1sc(Br)nc1C(=O)OC[C@H]1CC=CCC1. The molecule has 17 heavy (non-hydrogen) atoms. The van der Waals surface area contributed by atoms with E-state index >= 15 is 0 Å². The monoisotopic (exact) mass is 315 g/mol. The highest BCUT2D eigenvalue weighted by Crippen LogP contribution is 2.23. The lowest BCUT2D eigenvalue weighted by molar-refractivity contribution is 0.0425. The predicted molar refractivity (Wildman–Crippen MR) is 71.3 cm³/mol. The van der Waals surface area contributed by atoms with Crippen LogP contribution >= 0.6 is 27.3 Å². The fourth-order valence-electron chi connectivity index (χ4n) is 1.82. The van der Waals surface area contributed by atoms with Crippen molar-refractivity contribution in [2.24, 2.45) is 5.92 Å². The molecule has 92 valence electrons. The third-order valence-corrected chi connectivity index (χ3v) is 4.21. The van der Waals surface area contributed by atoms with Crippen LogP contribution in [0.25, 0.3) is 0 Å². The van der Waals surface area contributed by atoms with E-state index in [2.05, 4.69) is 33.1 Å². The number of nitrogens with zero attached hydrogens (tertiary/aromatic N) is 1. The maximum atomic E-state index is 11.8. The van der Waals surface area contributed by atoms with E-state index in [0.717, 1.165) is 28.1 Å². The number of aryl methyl sites for hydroxylation is 1. The summed E-state index contributed by atoms with van der Waals surface area (Å²) in [6, 6.07) is 0. The van der Waals surface area contributed by atoms with Gasteiger partial charge in [-0.15, -0.1) is 11.3 Å². The van der Waals surface area contributed by atoms with Crippen LogP contribution in [-0.4, -0.2) is 17.6 Å². The van der Waals surface area contributed by atoms with Crippen molar-refractivity contribution in [3.8, 4) is 0 Å². The molecule has 0 unspecified atom stereocenters. The van der Waals surface area contributed by atoms with Crippen LogP contribution in [-0.2, 0) is 4.74 Å². The lowest BCUT2D eigenvalue weighted by atomic mass is 9.95. The van der Waals surface area contributed by atoms with Gasteiger partial charge in [-0.1, -0.05) is 12.2 Å². The number of allylic oxidation sites excluding steroid dienone is 2. The highest BCUT2D eigenvalue weighted by molar-refractivity contribution is 9.11. The second-order valence-corrected chi connectivity index (χ2v) is 6.60. The Hall–Kier alpha value is -0.680. The number of ether oxygens (including phenoxy) is 1. The standard InChI is InChI=1S/C12H14BrNO2S/c1-8-10(14-12(13)17-8)11(15)16-7-9-5-3-2-4-6-9/h2-3,9H,4-7H2,1H3/t9-/m0/s1. The minimum absolute atomic E-state index is 0.306. The summed E-state index contributed by atoms with van der Waals surface area (Å²) in [6.45, 7) is 2.38. The lowest BCUT2D eigenvalue weighted by Gasteiger charge is -2.17. The van der Waals surface area contributed by atoms with Gasteiger partial charge in [0.2, 0.25) is 0 Å². The first kappa shape index (κ1) is 12.8. The van der Waals surface area contributed by atoms with Gasteiger partial charge in [0.05, 0.1) is 6.61 Å². The average molecular weight is 316 g/mol. The number of rotatable bonds is 3. The molecule has 1 atom stereocenters. The second kappa shape index (κ2) is 5.78. The lowest BCUT2D eigenvalue weighted by Crippen LogP contribution is -2.16. The van der Waals surface area contributed by atoms with E-state index in [4.69, 9.17) is 4.74 Å². The van der Waals surface area contributed by atoms with Gasteiger partial charge in [0, 0.05) is 4.88 Å². The summed E-state index contributed by atoms with van der Waals surface area (Å²) < 4.78 is 6.04. The number of halogens is 1. The van der Waals surface area contributed by atoms with Gasteiger partial charge in [0.1, 0.15) is 0 Å². The fraction of sp³-hybridized carbons (Fsp3) is 0.500. The van der Waals surface area contributed by atoms with Crippen molar-refractivity contribution in [1.29, 1.82) is 0 Å². The smallest absolute Gasteiger partial charge is 0.358 e. The van der Waals surface area contributed by atoms with Crippen LogP contribution in [0.15, 0.2) is 16.1 Å². The van der Waals surface area contributed by atoms with E-state index in [9.17, 15) is 4.79 Å². The van der Waals surface area contributed by atoms with Gasteiger partial charge in [-0.2, -0.15) is 0 Å². The Morgan fingerprint density at radius 2 is 2.47 bits per heavy atom. The van der Waals surface area contributed by atoms with E-state index in [1.54, 1.807) is 0 Å². The molecule has 0 spiro atoms. The molecule has 3 nitrogen and oxygen atoms in total. The summed E-state index contributed by atoms with van der Waals surface area (Å²) in [5.74, 6) is 0.158. The van der Waals surface area contributed by atoms with Crippen molar-refractivity contribution in [3.05, 3.63) is 26.6 Å². The van der Waals surface area contributed by atoms with Gasteiger partial charge in [0.25, 0.3) is 0 Å². The largest absolute Gasteiger partial charge is 0.461 e. The molecule has 0 saturated carbocycles. The molecule has 0 N–H and O–H groups in total. The maximum Gasteiger partial charge on any atom is 0.358 e. The van der Waals surface area contributed by atoms with Gasteiger partial charge < -0.3 is 4.74 Å². The molecular formula is C12H14BrNO2S. The van der Waals surface area contributed by atoms with E-state index in [1.165, 1.54) is 11.3 Å². The van der Waals surface area contributed by atoms with Crippen LogP contribution in [0.3, 0.4) is 0 Å². The number of hydrogen-bond acceptors (Lipinski definition) is 4. The summed E-state index contributed by atoms with van der Waals surface area (Å²) in [7, 11) is 0. The van der Waals surface area contributed by atoms with Crippen molar-refractivity contribution >= 4 is 33.2 Å². The van der Waals surface area contributed by atoms with Gasteiger partial charge in [0.15, 0.2) is 9.61 Å². The third kappa shape index (κ3) is 3.39. The van der Waals surface area contributed by atoms with Gasteiger partial charge in [-0.3, -0.25) is 0 Å². The highest BCUT2D eigenvalue weighted by atomic mass is 79.9. The van der Waals surface area contributed by atoms with Crippen LogP contribution in [0.2, 0.25) is 0 Å². The van der Waals surface area contributed by atoms with Gasteiger partial charge >= 0.3 is 5.97 Å². The molecule has 1 aliphatic carbocycles. The quantitative estimate of drug-likeness (QED) is 0.630. The molecular weight excluding hydrogens is 302 g/mol. The van der Waals surface area contributed by atoms with Crippen molar-refractivity contribution < 1.29 is 9.53 Å². The molecule has 1 aliphatic rings. The van der Waals surface area contributed by atoms with Crippen LogP contribution < -0.4 is 0 Å². The molecule has 2 rings (SSSR count). The number of aromatic nitrogens is 1. The first-order valence-corrected chi connectivity index (χ1v) is 7.23. The first-order chi connectivity index (χ1) is 8.16. The minimum atomic E-state index is -0.306. The van der Waals surface area contributed by atoms with Crippen LogP contribution in [0, 0.1) is 12.8 Å². The molecule has 0 amide bonds. The summed E-state index contributed by atoms with van der Waals surface area (Å²) in [6.07, 6.45) is 7.53. The van der Waals surface area contributed by atoms with E-state index < -0.39 is 0 Å². The van der Waals surface area contributed by atoms with Crippen LogP contribution in [0.5, 0.6) is 0 Å². The maximum absolute atomic E-state index is 11.8. The Bertz CT molecular complexity index is 442. The molecule has 0 bridgehead atoms. The Balaban J connectivity index is 1.89. The van der Waals surface area contributed by atoms with Gasteiger partial charge in [-0.05, 0) is 48.0 Å². The molecule has 0 aromatic carbocycles. The second-order valence-electron chi connectivity index (χ2n) is 4.12. The summed E-state index contributed by atoms with van der Waals surface area (Å²) >= 11 is 4.72. The molecule has 0 fully saturated rings. The Kier molecular flexibility index (Phi) is 4.34. The molecule has 1 aromatic rings. The number of hydrogen-bond donors (Lipinski definition) is 0. The Morgan fingerprint density at radius 3 is 3.06 bits per heavy atom. The Morgan fingerprint density at radius 1 is 1.65 bits per heavy atom. The third-order valence-electron chi connectivity index (χ3n) is 2.79. The zero-order chi connectivity index (χ0) is 12.3. The number of carbonyl (C=O) groups excluding carboxylic acids is 1. The van der Waals surface area contributed by atoms with Crippen molar-refractivity contribution in [3.63, 3.8) is 0 Å². The molecule has 0 aliphatic heterocycles. The number of esters is 1. The first-order valence-electron chi connectivity index (χ1n) is 5.62. The molecule has 1 heterocycles. The fourth-order valence-corrected chi connectivity index (χ4v) is 3.34. The molecule has 0 radical (unpaired) electrons. The normalized spacial score (nSPS) is 19.3. The van der Waals surface area contributed by atoms with Crippen molar-refractivity contribution in [2.45, 2.75) is 26.2 Å². The Labute approximate surface area is 113 Å². The van der Waals surface area contributed by atoms with Crippen LogP contribution in [0.4, 0.5) is 0 Å². The summed E-state index contributed by atoms with van der Waals surface area (Å²) in [5, 5.41) is 0. The zero-order valence-electron chi connectivity index (χ0n) is 9.61. The molecule has 1 aromatic heterocycles. The molecule has 0 saturated heterocycles. The number of carbonyl (C=O) groups is 1. The number of thiazole rings is 1. The summed E-state index contributed by atoms with van der Waals surface area (Å²) in [4.78, 5) is 16.8. The highest BCUT2D eigenvalue weighted by Gasteiger charge is 2.18. The van der Waals surface area contributed by atoms with Crippen molar-refractivity contribution in [1.82, 2.24) is 4.98 Å². The zero-order valence-corrected chi connectivity index (χ0v) is 12.0. The average Bonchev–Trinajstić information content (AvgIpc) is 2.67. The molecule has 5 heteroatoms. The van der Waals surface area contributed by atoms with E-state index in [1.807, 2.05) is 6.92 Å². The van der Waals surface area contributed by atoms with Crippen LogP contribution in [0.1, 0.15) is 34.6 Å². The minimum Gasteiger partial charge on any atom is -0.461 e. The predicted octanol–water partition coefficient (Wildman–Crippen LogP) is 3.73. The van der Waals surface area contributed by atoms with Crippen molar-refractivity contribution in [2.75, 3.05) is 6.61 Å².